The second-order valence-electron chi connectivity index (χ2n) is 9.43. The molecule has 0 bridgehead atoms. The Balaban J connectivity index is 1.27. The highest BCUT2D eigenvalue weighted by atomic mass is 16.5. The summed E-state index contributed by atoms with van der Waals surface area (Å²) in [5, 5.41) is 19.2. The predicted molar refractivity (Wildman–Crippen MR) is 141 cm³/mol. The first kappa shape index (κ1) is 22.7. The number of ether oxygens (including phenoxy) is 1. The van der Waals surface area contributed by atoms with Crippen LogP contribution in [0.5, 0.6) is 5.75 Å². The molecule has 9 nitrogen and oxygen atoms in total. The van der Waals surface area contributed by atoms with E-state index in [0.29, 0.717) is 35.3 Å². The van der Waals surface area contributed by atoms with Crippen LogP contribution in [-0.2, 0) is 6.54 Å². The topological polar surface area (TPSA) is 131 Å². The number of hydrogen-bond acceptors (Lipinski definition) is 7. The molecule has 3 aromatic heterocycles. The number of aromatic nitrogens is 6. The zero-order chi connectivity index (χ0) is 25.4. The van der Waals surface area contributed by atoms with Crippen LogP contribution < -0.4 is 10.5 Å². The lowest BCUT2D eigenvalue weighted by molar-refractivity contribution is 0.210. The number of rotatable bonds is 6. The average molecular weight is 491 g/mol. The number of nitrogens with zero attached hydrogens (tertiary/aromatic N) is 6. The van der Waals surface area contributed by atoms with Crippen molar-refractivity contribution < 1.29 is 4.74 Å². The van der Waals surface area contributed by atoms with Gasteiger partial charge in [0.25, 0.3) is 0 Å². The summed E-state index contributed by atoms with van der Waals surface area (Å²) in [4.78, 5) is 12.1. The monoisotopic (exact) mass is 490 g/mol. The first-order valence-electron chi connectivity index (χ1n) is 12.4. The summed E-state index contributed by atoms with van der Waals surface area (Å²) in [5.41, 5.74) is 12.3. The molecule has 0 unspecified atom stereocenters. The maximum absolute atomic E-state index is 9.39. The third-order valence-electron chi connectivity index (χ3n) is 6.95. The highest BCUT2D eigenvalue weighted by Gasteiger charge is 2.18. The third-order valence-corrected chi connectivity index (χ3v) is 6.95. The lowest BCUT2D eigenvalue weighted by Gasteiger charge is -2.13. The summed E-state index contributed by atoms with van der Waals surface area (Å²) in [6.07, 6.45) is 8.88. The molecule has 184 valence electrons. The van der Waals surface area contributed by atoms with Gasteiger partial charge in [0.1, 0.15) is 11.4 Å². The van der Waals surface area contributed by atoms with Gasteiger partial charge in [0, 0.05) is 22.7 Å². The largest absolute Gasteiger partial charge is 0.490 e. The van der Waals surface area contributed by atoms with Crippen molar-refractivity contribution in [2.45, 2.75) is 45.3 Å². The predicted octanol–water partition coefficient (Wildman–Crippen LogP) is 5.02. The molecule has 2 aromatic carbocycles. The Hall–Kier alpha value is -4.71. The van der Waals surface area contributed by atoms with E-state index in [1.54, 1.807) is 10.7 Å². The van der Waals surface area contributed by atoms with E-state index >= 15 is 0 Å². The molecule has 3 heterocycles. The Labute approximate surface area is 213 Å². The number of nitrogens with one attached hydrogen (secondary N) is 1. The quantitative estimate of drug-likeness (QED) is 0.342. The summed E-state index contributed by atoms with van der Waals surface area (Å²) in [6.45, 7) is 2.43. The van der Waals surface area contributed by atoms with Gasteiger partial charge in [-0.3, -0.25) is 0 Å². The summed E-state index contributed by atoms with van der Waals surface area (Å²) in [7, 11) is 0. The highest BCUT2D eigenvalue weighted by Crippen LogP contribution is 2.30. The van der Waals surface area contributed by atoms with E-state index < -0.39 is 0 Å². The van der Waals surface area contributed by atoms with Crippen LogP contribution in [0.1, 0.15) is 42.4 Å². The van der Waals surface area contributed by atoms with Gasteiger partial charge in [-0.05, 0) is 74.1 Å². The molecule has 0 atom stereocenters. The Bertz CT molecular complexity index is 1640. The van der Waals surface area contributed by atoms with Crippen molar-refractivity contribution >= 4 is 16.9 Å². The van der Waals surface area contributed by atoms with Gasteiger partial charge in [-0.2, -0.15) is 5.26 Å². The Morgan fingerprint density at radius 1 is 1.11 bits per heavy atom. The van der Waals surface area contributed by atoms with Crippen molar-refractivity contribution in [1.82, 2.24) is 29.9 Å². The number of hydrogen-bond donors (Lipinski definition) is 2. The standard InChI is InChI=1S/C28H26N8O/c1-17-18(13-29)5-4-8-22(17)25-12-26(33-28(30)32-25)27-16-36(35-34-27)15-19-14-31-24-10-9-21(11-23(19)24)37-20-6-2-3-7-20/h4-5,8-12,14,16,20,31H,2-3,6-7,15H2,1H3,(H2,30,32,33). The number of H-pyrrole nitrogens is 1. The van der Waals surface area contributed by atoms with Crippen LogP contribution in [0.4, 0.5) is 5.95 Å². The molecule has 1 fully saturated rings. The number of fused-ring (bicyclic) bond motifs is 1. The van der Waals surface area contributed by atoms with Gasteiger partial charge in [-0.1, -0.05) is 17.3 Å². The van der Waals surface area contributed by atoms with E-state index in [4.69, 9.17) is 10.5 Å². The zero-order valence-corrected chi connectivity index (χ0v) is 20.5. The van der Waals surface area contributed by atoms with Crippen molar-refractivity contribution in [3.8, 4) is 34.5 Å². The van der Waals surface area contributed by atoms with E-state index in [1.807, 2.05) is 43.6 Å². The molecule has 1 saturated carbocycles. The van der Waals surface area contributed by atoms with Gasteiger partial charge in [-0.15, -0.1) is 5.10 Å². The highest BCUT2D eigenvalue weighted by molar-refractivity contribution is 5.84. The molecule has 0 spiro atoms. The smallest absolute Gasteiger partial charge is 0.221 e. The summed E-state index contributed by atoms with van der Waals surface area (Å²) >= 11 is 0. The molecular formula is C28H26N8O. The Morgan fingerprint density at radius 3 is 2.78 bits per heavy atom. The number of nitrogens with two attached hydrogens (primary N) is 1. The van der Waals surface area contributed by atoms with E-state index in [9.17, 15) is 5.26 Å². The molecule has 37 heavy (non-hydrogen) atoms. The molecule has 1 aliphatic carbocycles. The number of nitrogen functional groups attached to an aromatic ring is 1. The molecule has 0 aliphatic heterocycles. The fourth-order valence-corrected chi connectivity index (χ4v) is 5.00. The molecule has 0 saturated heterocycles. The number of anilines is 1. The van der Waals surface area contributed by atoms with Crippen molar-refractivity contribution in [3.05, 3.63) is 71.5 Å². The minimum Gasteiger partial charge on any atom is -0.490 e. The van der Waals surface area contributed by atoms with E-state index in [2.05, 4.69) is 43.5 Å². The molecular weight excluding hydrogens is 464 g/mol. The van der Waals surface area contributed by atoms with Gasteiger partial charge in [0.05, 0.1) is 41.9 Å². The first-order chi connectivity index (χ1) is 18.1. The molecule has 6 rings (SSSR count). The molecule has 0 radical (unpaired) electrons. The molecule has 5 aromatic rings. The van der Waals surface area contributed by atoms with Crippen LogP contribution in [0, 0.1) is 18.3 Å². The van der Waals surface area contributed by atoms with Crippen LogP contribution in [0.3, 0.4) is 0 Å². The average Bonchev–Trinajstić information content (AvgIpc) is 3.66. The third kappa shape index (κ3) is 4.49. The van der Waals surface area contributed by atoms with E-state index in [-0.39, 0.29) is 5.95 Å². The van der Waals surface area contributed by atoms with Crippen LogP contribution in [0.2, 0.25) is 0 Å². The number of benzene rings is 2. The van der Waals surface area contributed by atoms with Crippen LogP contribution >= 0.6 is 0 Å². The number of aromatic amines is 1. The van der Waals surface area contributed by atoms with Crippen molar-refractivity contribution in [2.75, 3.05) is 5.73 Å². The second-order valence-corrected chi connectivity index (χ2v) is 9.43. The number of nitriles is 1. The van der Waals surface area contributed by atoms with Gasteiger partial charge in [-0.25, -0.2) is 14.6 Å². The van der Waals surface area contributed by atoms with Crippen LogP contribution in [0.15, 0.2) is 54.9 Å². The van der Waals surface area contributed by atoms with Crippen molar-refractivity contribution in [3.63, 3.8) is 0 Å². The normalized spacial score (nSPS) is 13.7. The summed E-state index contributed by atoms with van der Waals surface area (Å²) in [5.74, 6) is 1.04. The van der Waals surface area contributed by atoms with Gasteiger partial charge in [0.15, 0.2) is 0 Å². The van der Waals surface area contributed by atoms with E-state index in [0.717, 1.165) is 46.2 Å². The van der Waals surface area contributed by atoms with E-state index in [1.165, 1.54) is 12.8 Å². The molecule has 0 amide bonds. The van der Waals surface area contributed by atoms with Crippen molar-refractivity contribution in [2.24, 2.45) is 0 Å². The Kier molecular flexibility index (Phi) is 5.77. The molecule has 3 N–H and O–H groups in total. The summed E-state index contributed by atoms with van der Waals surface area (Å²) < 4.78 is 7.99. The first-order valence-corrected chi connectivity index (χ1v) is 12.4. The lowest BCUT2D eigenvalue weighted by Crippen LogP contribution is -2.10. The minimum absolute atomic E-state index is 0.134. The van der Waals surface area contributed by atoms with Crippen molar-refractivity contribution in [1.29, 1.82) is 5.26 Å². The maximum Gasteiger partial charge on any atom is 0.221 e. The molecule has 1 aliphatic rings. The summed E-state index contributed by atoms with van der Waals surface area (Å²) in [6, 6.07) is 15.8. The minimum atomic E-state index is 0.134. The lowest BCUT2D eigenvalue weighted by atomic mass is 10.00. The fraction of sp³-hybridized carbons (Fsp3) is 0.250. The van der Waals surface area contributed by atoms with Gasteiger partial charge >= 0.3 is 0 Å². The van der Waals surface area contributed by atoms with Gasteiger partial charge in [0.2, 0.25) is 5.95 Å². The Morgan fingerprint density at radius 2 is 1.95 bits per heavy atom. The molecule has 9 heteroatoms. The van der Waals surface area contributed by atoms with Crippen LogP contribution in [0.25, 0.3) is 33.5 Å². The second kappa shape index (κ2) is 9.39. The SMILES string of the molecule is Cc1c(C#N)cccc1-c1cc(-c2cn(Cc3c[nH]c4ccc(OC5CCCC5)cc34)nn2)nc(N)n1. The fourth-order valence-electron chi connectivity index (χ4n) is 5.00. The van der Waals surface area contributed by atoms with Crippen LogP contribution in [-0.4, -0.2) is 36.0 Å². The van der Waals surface area contributed by atoms with Gasteiger partial charge < -0.3 is 15.5 Å². The zero-order valence-electron chi connectivity index (χ0n) is 20.5. The maximum atomic E-state index is 9.39.